The molecule has 105 heavy (non-hydrogen) atoms. The minimum absolute atomic E-state index is 0.0150. The molecule has 0 aliphatic carbocycles. The van der Waals surface area contributed by atoms with E-state index >= 15 is 4.79 Å². The summed E-state index contributed by atoms with van der Waals surface area (Å²) in [6.45, 7) is 8.97. The number of imidazole rings is 2. The van der Waals surface area contributed by atoms with Crippen LogP contribution in [0.4, 0.5) is 0 Å². The van der Waals surface area contributed by atoms with Gasteiger partial charge in [0.1, 0.15) is 78.4 Å². The maximum atomic E-state index is 15.2. The summed E-state index contributed by atoms with van der Waals surface area (Å²) in [6.07, 6.45) is -4.04. The van der Waals surface area contributed by atoms with E-state index in [1.165, 1.54) is 54.2 Å². The number of carbonyl (C=O) groups is 11. The quantitative estimate of drug-likeness (QED) is 0.00656. The number of H-pyrrole nitrogens is 2. The van der Waals surface area contributed by atoms with E-state index in [1.807, 2.05) is 0 Å². The fourth-order valence-corrected chi connectivity index (χ4v) is 11.8. The van der Waals surface area contributed by atoms with Crippen LogP contribution in [-0.2, 0) is 87.9 Å². The third-order valence-electron chi connectivity index (χ3n) is 17.8. The van der Waals surface area contributed by atoms with Gasteiger partial charge in [0.2, 0.25) is 53.2 Å². The molecule has 2 aromatic heterocycles. The van der Waals surface area contributed by atoms with E-state index in [1.54, 1.807) is 71.9 Å². The summed E-state index contributed by atoms with van der Waals surface area (Å²) < 4.78 is 10.3. The smallest absolute Gasteiger partial charge is 0.357 e. The SMILES string of the molecule is CC[C@H](C)C(NC(=O)C(Cc1ccc(O)cc1)NC(=O)C(NC(=O)C(CCCN=C(N)N)NC(=O)C(N)CC(=O)O)C(C)C)C(=O)NC(Cc1cnc[nH]1)C(=O)N1CCC[C@H]1C(=O)NC(Cc1ccccc1)C(=O)NC(Cc1cnc[nH]1)C(=O)NC(CC(C)C)C(=O)O[C@]1(O)O[C@H](CO)[C@@H](O)[C@H](O)[C@@H]1O. The van der Waals surface area contributed by atoms with E-state index < -0.39 is 181 Å². The molecular formula is C68H99N17O20. The van der Waals surface area contributed by atoms with Crippen molar-refractivity contribution < 1.29 is 98.0 Å². The van der Waals surface area contributed by atoms with Crippen LogP contribution in [0.2, 0.25) is 0 Å². The van der Waals surface area contributed by atoms with Crippen LogP contribution in [0.5, 0.6) is 5.75 Å². The molecule has 576 valence electrons. The lowest BCUT2D eigenvalue weighted by atomic mass is 9.96. The number of aromatic nitrogens is 4. The minimum Gasteiger partial charge on any atom is -0.508 e. The predicted molar refractivity (Wildman–Crippen MR) is 372 cm³/mol. The number of aromatic hydroxyl groups is 1. The van der Waals surface area contributed by atoms with Crippen molar-refractivity contribution in [2.24, 2.45) is 39.9 Å². The molecule has 37 nitrogen and oxygen atoms in total. The first-order chi connectivity index (χ1) is 49.7. The number of nitrogens with zero attached hydrogens (tertiary/aromatic N) is 4. The number of carboxylic acids is 1. The number of amides is 9. The number of likely N-dealkylation sites (tertiary alicyclic amines) is 1. The summed E-state index contributed by atoms with van der Waals surface area (Å²) in [6, 6.07) is -0.532. The number of aliphatic carboxylic acids is 1. The van der Waals surface area contributed by atoms with E-state index in [-0.39, 0.29) is 94.9 Å². The van der Waals surface area contributed by atoms with Gasteiger partial charge in [-0.25, -0.2) is 14.8 Å². The number of nitrogens with one attached hydrogen (secondary N) is 10. The van der Waals surface area contributed by atoms with Crippen LogP contribution in [0, 0.1) is 17.8 Å². The number of phenols is 1. The molecule has 0 saturated carbocycles. The molecule has 2 aromatic carbocycles. The van der Waals surface area contributed by atoms with E-state index in [9.17, 15) is 83.7 Å². The number of guanidine groups is 1. The van der Waals surface area contributed by atoms with Crippen molar-refractivity contribution in [1.29, 1.82) is 0 Å². The molecule has 2 aliphatic heterocycles. The third-order valence-corrected chi connectivity index (χ3v) is 17.8. The van der Waals surface area contributed by atoms with Crippen molar-refractivity contribution in [3.8, 4) is 5.75 Å². The second kappa shape index (κ2) is 39.6. The average molecular weight is 1470 g/mol. The molecule has 0 radical (unpaired) electrons. The highest BCUT2D eigenvalue weighted by molar-refractivity contribution is 5.99. The van der Waals surface area contributed by atoms with Gasteiger partial charge in [-0.1, -0.05) is 90.4 Å². The number of hydrogen-bond donors (Lipinski definition) is 20. The summed E-state index contributed by atoms with van der Waals surface area (Å²) in [5, 5.41) is 93.0. The fourth-order valence-electron chi connectivity index (χ4n) is 11.8. The molecule has 0 bridgehead atoms. The van der Waals surface area contributed by atoms with Gasteiger partial charge in [0.25, 0.3) is 0 Å². The number of aliphatic imine (C=N–C) groups is 1. The van der Waals surface area contributed by atoms with Crippen LogP contribution in [0.1, 0.15) is 109 Å². The third kappa shape index (κ3) is 24.7. The number of benzene rings is 2. The zero-order valence-corrected chi connectivity index (χ0v) is 59.2. The molecule has 2 fully saturated rings. The molecular weight excluding hydrogens is 1370 g/mol. The van der Waals surface area contributed by atoms with Crippen molar-refractivity contribution in [3.63, 3.8) is 0 Å². The Kier molecular flexibility index (Phi) is 31.6. The lowest BCUT2D eigenvalue weighted by molar-refractivity contribution is -0.434. The molecule has 4 heterocycles. The molecule has 23 N–H and O–H groups in total. The number of aliphatic hydroxyl groups is 5. The molecule has 0 spiro atoms. The molecule has 4 aromatic rings. The molecule has 9 unspecified atom stereocenters. The number of phenolic OH excluding ortho intramolecular Hbond substituents is 1. The summed E-state index contributed by atoms with van der Waals surface area (Å²) in [5.74, 6) is -16.2. The molecule has 2 saturated heterocycles. The number of nitrogens with two attached hydrogens (primary N) is 3. The molecule has 16 atom stereocenters. The maximum absolute atomic E-state index is 15.2. The summed E-state index contributed by atoms with van der Waals surface area (Å²) >= 11 is 0. The zero-order valence-electron chi connectivity index (χ0n) is 59.2. The van der Waals surface area contributed by atoms with E-state index in [0.717, 1.165) is 0 Å². The van der Waals surface area contributed by atoms with E-state index in [4.69, 9.17) is 26.7 Å². The van der Waals surface area contributed by atoms with Gasteiger partial charge in [-0.3, -0.25) is 52.9 Å². The number of hydrogen-bond acceptors (Lipinski definition) is 23. The van der Waals surface area contributed by atoms with Gasteiger partial charge in [-0.2, -0.15) is 0 Å². The van der Waals surface area contributed by atoms with Gasteiger partial charge in [-0.15, -0.1) is 0 Å². The fraction of sp³-hybridized carbons (Fsp3) is 0.559. The van der Waals surface area contributed by atoms with Crippen LogP contribution >= 0.6 is 0 Å². The first kappa shape index (κ1) is 83.8. The standard InChI is InChI=1S/C68H99N17O20/c1-7-36(6)53(84-61(97)45(25-38-17-19-41(87)20-18-38)80-63(99)52(35(4)5)83-58(94)43(15-11-21-74-67(70)71)77-57(93)42(69)28-51(88)89)64(100)81-47(27-40-30-73-33-76-40)65(101)85-22-12-16-49(85)62(98)79-44(24-37-13-9-8-10-14-37)59(95)78-46(26-39-29-72-32-75-39)60(96)82-48(23-34(2)3)66(102)105-68(103)56(92)55(91)54(90)50(31-86)104-68/h8-10,13-14,17-20,29-30,32-36,42-50,52-56,86-87,90-92,103H,7,11-12,15-16,21-28,31,69H2,1-6H3,(H,72,75)(H,73,76)(H,77,93)(H,78,95)(H,79,98)(H,80,99)(H,81,100)(H,82,96)(H,83,94)(H,84,97)(H,88,89)(H4,70,71,74)/t36-,42?,43?,44?,45?,46?,47?,48?,49-,50+,52?,53?,54+,55-,56-,68+/m0/s1. The van der Waals surface area contributed by atoms with Crippen molar-refractivity contribution in [2.45, 2.75) is 203 Å². The van der Waals surface area contributed by atoms with Crippen LogP contribution in [0.15, 0.2) is 84.6 Å². The number of aromatic amines is 2. The average Bonchev–Trinajstić information content (AvgIpc) is 1.36. The largest absolute Gasteiger partial charge is 0.508 e. The highest BCUT2D eigenvalue weighted by Gasteiger charge is 2.56. The number of ether oxygens (including phenoxy) is 2. The molecule has 37 heteroatoms. The van der Waals surface area contributed by atoms with Gasteiger partial charge >= 0.3 is 17.9 Å². The Labute approximate surface area is 604 Å². The van der Waals surface area contributed by atoms with Crippen molar-refractivity contribution >= 4 is 71.1 Å². The number of aliphatic hydroxyl groups excluding tert-OH is 4. The Morgan fingerprint density at radius 2 is 1.20 bits per heavy atom. The second-order valence-corrected chi connectivity index (χ2v) is 26.9. The van der Waals surface area contributed by atoms with Crippen LogP contribution in [0.3, 0.4) is 0 Å². The lowest BCUT2D eigenvalue weighted by Gasteiger charge is -2.44. The first-order valence-electron chi connectivity index (χ1n) is 34.5. The first-order valence-corrected chi connectivity index (χ1v) is 34.5. The lowest BCUT2D eigenvalue weighted by Crippen LogP contribution is -2.67. The van der Waals surface area contributed by atoms with Gasteiger partial charge < -0.3 is 120 Å². The van der Waals surface area contributed by atoms with Gasteiger partial charge in [0.05, 0.1) is 31.7 Å². The Morgan fingerprint density at radius 3 is 1.76 bits per heavy atom. The molecule has 6 rings (SSSR count). The van der Waals surface area contributed by atoms with E-state index in [2.05, 4.69) is 67.5 Å². The minimum atomic E-state index is -3.32. The number of carboxylic acid groups (broad SMARTS) is 1. The molecule has 2 aliphatic rings. The topological polar surface area (TPSA) is 595 Å². The zero-order chi connectivity index (χ0) is 77.4. The predicted octanol–water partition coefficient (Wildman–Crippen LogP) is -4.75. The van der Waals surface area contributed by atoms with Crippen molar-refractivity contribution in [1.82, 2.24) is 67.4 Å². The number of rotatable bonds is 39. The van der Waals surface area contributed by atoms with E-state index in [0.29, 0.717) is 22.5 Å². The van der Waals surface area contributed by atoms with Crippen LogP contribution < -0.4 is 59.7 Å². The Morgan fingerprint density at radius 1 is 0.676 bits per heavy atom. The van der Waals surface area contributed by atoms with Crippen LogP contribution in [0.25, 0.3) is 0 Å². The van der Waals surface area contributed by atoms with Crippen molar-refractivity contribution in [3.05, 3.63) is 102 Å². The highest BCUT2D eigenvalue weighted by atomic mass is 16.8. The number of carbonyl (C=O) groups excluding carboxylic acids is 10. The number of esters is 1. The normalized spacial score (nSPS) is 20.7. The maximum Gasteiger partial charge on any atom is 0.357 e. The van der Waals surface area contributed by atoms with Gasteiger partial charge in [-0.05, 0) is 73.1 Å². The summed E-state index contributed by atoms with van der Waals surface area (Å²) in [7, 11) is 0. The van der Waals surface area contributed by atoms with Crippen LogP contribution in [-0.4, -0.2) is 242 Å². The monoisotopic (exact) mass is 1470 g/mol. The molecule has 9 amide bonds. The van der Waals surface area contributed by atoms with Crippen molar-refractivity contribution in [2.75, 3.05) is 19.7 Å². The Balaban J connectivity index is 1.24. The highest BCUT2D eigenvalue weighted by Crippen LogP contribution is 2.31. The van der Waals surface area contributed by atoms with Gasteiger partial charge in [0, 0.05) is 62.6 Å². The summed E-state index contributed by atoms with van der Waals surface area (Å²) in [4.78, 5) is 175. The van der Waals surface area contributed by atoms with Gasteiger partial charge in [0.15, 0.2) is 12.1 Å². The Hall–Kier alpha value is -10.2. The second-order valence-electron chi connectivity index (χ2n) is 26.9. The Bertz CT molecular complexity index is 3580. The summed E-state index contributed by atoms with van der Waals surface area (Å²) in [5.41, 5.74) is 18.4.